The lowest BCUT2D eigenvalue weighted by molar-refractivity contribution is 0.298. The molecular weight excluding hydrogens is 308 g/mol. The van der Waals surface area contributed by atoms with Crippen molar-refractivity contribution in [1.29, 1.82) is 0 Å². The summed E-state index contributed by atoms with van der Waals surface area (Å²) < 4.78 is 0. The van der Waals surface area contributed by atoms with Gasteiger partial charge in [0.15, 0.2) is 0 Å². The quantitative estimate of drug-likeness (QED) is 0.689. The SMILES string of the molecule is CN(C)[C@H](CN=Cc1c(O)ccc2ccccc12)Cc1ccccc1. The molecule has 0 bridgehead atoms. The lowest BCUT2D eigenvalue weighted by Crippen LogP contribution is -2.32. The molecule has 0 saturated carbocycles. The second-order valence-corrected chi connectivity index (χ2v) is 6.52. The largest absolute Gasteiger partial charge is 0.507 e. The van der Waals surface area contributed by atoms with E-state index in [1.807, 2.05) is 36.4 Å². The van der Waals surface area contributed by atoms with Crippen LogP contribution in [-0.2, 0) is 6.42 Å². The third kappa shape index (κ3) is 4.25. The third-order valence-electron chi connectivity index (χ3n) is 4.53. The number of phenols is 1. The number of aromatic hydroxyl groups is 1. The minimum Gasteiger partial charge on any atom is -0.507 e. The lowest BCUT2D eigenvalue weighted by atomic mass is 10.0. The topological polar surface area (TPSA) is 35.8 Å². The zero-order valence-electron chi connectivity index (χ0n) is 14.8. The van der Waals surface area contributed by atoms with Crippen LogP contribution in [0, 0.1) is 0 Å². The lowest BCUT2D eigenvalue weighted by Gasteiger charge is -2.22. The maximum Gasteiger partial charge on any atom is 0.124 e. The van der Waals surface area contributed by atoms with Crippen LogP contribution in [0.15, 0.2) is 71.7 Å². The number of rotatable bonds is 6. The van der Waals surface area contributed by atoms with Crippen LogP contribution in [0.1, 0.15) is 11.1 Å². The Labute approximate surface area is 149 Å². The van der Waals surface area contributed by atoms with Crippen molar-refractivity contribution >= 4 is 17.0 Å². The molecule has 0 saturated heterocycles. The highest BCUT2D eigenvalue weighted by Gasteiger charge is 2.11. The molecule has 0 fully saturated rings. The average molecular weight is 332 g/mol. The molecule has 0 amide bonds. The van der Waals surface area contributed by atoms with Crippen molar-refractivity contribution in [2.24, 2.45) is 4.99 Å². The van der Waals surface area contributed by atoms with Gasteiger partial charge < -0.3 is 10.0 Å². The Kier molecular flexibility index (Phi) is 5.46. The number of likely N-dealkylation sites (N-methyl/N-ethyl adjacent to an activating group) is 1. The van der Waals surface area contributed by atoms with Crippen molar-refractivity contribution in [2.45, 2.75) is 12.5 Å². The van der Waals surface area contributed by atoms with E-state index >= 15 is 0 Å². The number of benzene rings is 3. The zero-order chi connectivity index (χ0) is 17.6. The Morgan fingerprint density at radius 2 is 1.68 bits per heavy atom. The summed E-state index contributed by atoms with van der Waals surface area (Å²) in [6.07, 6.45) is 2.76. The molecule has 1 N–H and O–H groups in total. The van der Waals surface area contributed by atoms with E-state index in [1.165, 1.54) is 5.56 Å². The summed E-state index contributed by atoms with van der Waals surface area (Å²) in [6, 6.07) is 22.5. The van der Waals surface area contributed by atoms with E-state index in [2.05, 4.69) is 48.3 Å². The molecule has 1 atom stereocenters. The molecule has 0 heterocycles. The van der Waals surface area contributed by atoms with Gasteiger partial charge in [-0.2, -0.15) is 0 Å². The number of hydrogen-bond acceptors (Lipinski definition) is 3. The molecule has 0 aromatic heterocycles. The van der Waals surface area contributed by atoms with Gasteiger partial charge >= 0.3 is 0 Å². The summed E-state index contributed by atoms with van der Waals surface area (Å²) in [4.78, 5) is 6.85. The zero-order valence-corrected chi connectivity index (χ0v) is 14.8. The molecule has 0 radical (unpaired) electrons. The van der Waals surface area contributed by atoms with Crippen LogP contribution >= 0.6 is 0 Å². The van der Waals surface area contributed by atoms with Gasteiger partial charge in [-0.15, -0.1) is 0 Å². The Bertz CT molecular complexity index is 856. The first kappa shape index (κ1) is 17.2. The Morgan fingerprint density at radius 3 is 2.44 bits per heavy atom. The molecule has 3 aromatic carbocycles. The van der Waals surface area contributed by atoms with E-state index in [0.717, 1.165) is 22.8 Å². The van der Waals surface area contributed by atoms with Crippen LogP contribution in [-0.4, -0.2) is 42.9 Å². The molecule has 0 aliphatic heterocycles. The first-order chi connectivity index (χ1) is 12.1. The fourth-order valence-electron chi connectivity index (χ4n) is 2.98. The van der Waals surface area contributed by atoms with Gasteiger partial charge in [0.05, 0.1) is 6.54 Å². The van der Waals surface area contributed by atoms with Crippen molar-refractivity contribution in [2.75, 3.05) is 20.6 Å². The maximum atomic E-state index is 10.2. The van der Waals surface area contributed by atoms with Crippen LogP contribution in [0.4, 0.5) is 0 Å². The monoisotopic (exact) mass is 332 g/mol. The molecule has 3 heteroatoms. The van der Waals surface area contributed by atoms with Crippen LogP contribution in [0.3, 0.4) is 0 Å². The standard InChI is InChI=1S/C22H24N2O/c1-24(2)19(14-17-8-4-3-5-9-17)15-23-16-21-20-11-7-6-10-18(20)12-13-22(21)25/h3-13,16,19,25H,14-15H2,1-2H3/t19-/m0/s1. The van der Waals surface area contributed by atoms with E-state index < -0.39 is 0 Å². The van der Waals surface area contributed by atoms with Crippen LogP contribution in [0.2, 0.25) is 0 Å². The fourth-order valence-corrected chi connectivity index (χ4v) is 2.98. The molecule has 3 aromatic rings. The molecule has 0 aliphatic carbocycles. The number of fused-ring (bicyclic) bond motifs is 1. The van der Waals surface area contributed by atoms with Gasteiger partial charge in [-0.05, 0) is 42.9 Å². The normalized spacial score (nSPS) is 12.9. The molecule has 0 unspecified atom stereocenters. The van der Waals surface area contributed by atoms with Crippen LogP contribution in [0.5, 0.6) is 5.75 Å². The smallest absolute Gasteiger partial charge is 0.124 e. The summed E-state index contributed by atoms with van der Waals surface area (Å²) in [5.74, 6) is 0.270. The van der Waals surface area contributed by atoms with Gasteiger partial charge in [0.1, 0.15) is 5.75 Å². The highest BCUT2D eigenvalue weighted by atomic mass is 16.3. The van der Waals surface area contributed by atoms with E-state index in [-0.39, 0.29) is 5.75 Å². The van der Waals surface area contributed by atoms with Gasteiger partial charge in [-0.1, -0.05) is 60.7 Å². The molecular formula is C22H24N2O. The number of aliphatic imine (C=N–C) groups is 1. The van der Waals surface area contributed by atoms with E-state index in [1.54, 1.807) is 12.3 Å². The summed E-state index contributed by atoms with van der Waals surface area (Å²) in [5, 5.41) is 12.3. The van der Waals surface area contributed by atoms with E-state index in [4.69, 9.17) is 0 Å². The minimum atomic E-state index is 0.270. The van der Waals surface area contributed by atoms with Gasteiger partial charge in [0.25, 0.3) is 0 Å². The second kappa shape index (κ2) is 7.95. The molecule has 3 nitrogen and oxygen atoms in total. The van der Waals surface area contributed by atoms with Crippen LogP contribution < -0.4 is 0 Å². The van der Waals surface area contributed by atoms with Gasteiger partial charge in [-0.25, -0.2) is 0 Å². The van der Waals surface area contributed by atoms with Gasteiger partial charge in [-0.3, -0.25) is 4.99 Å². The highest BCUT2D eigenvalue weighted by Crippen LogP contribution is 2.25. The van der Waals surface area contributed by atoms with E-state index in [9.17, 15) is 5.11 Å². The average Bonchev–Trinajstić information content (AvgIpc) is 2.63. The van der Waals surface area contributed by atoms with Crippen LogP contribution in [0.25, 0.3) is 10.8 Å². The van der Waals surface area contributed by atoms with Crippen molar-refractivity contribution in [3.63, 3.8) is 0 Å². The predicted molar refractivity (Wildman–Crippen MR) is 106 cm³/mol. The first-order valence-corrected chi connectivity index (χ1v) is 8.56. The number of phenolic OH excluding ortho intramolecular Hbond substituents is 1. The first-order valence-electron chi connectivity index (χ1n) is 8.56. The summed E-state index contributed by atoms with van der Waals surface area (Å²) in [7, 11) is 4.16. The maximum absolute atomic E-state index is 10.2. The Hall–Kier alpha value is -2.65. The van der Waals surface area contributed by atoms with Gasteiger partial charge in [0.2, 0.25) is 0 Å². The minimum absolute atomic E-state index is 0.270. The van der Waals surface area contributed by atoms with Crippen molar-refractivity contribution in [3.05, 3.63) is 77.9 Å². The number of hydrogen-bond donors (Lipinski definition) is 1. The summed E-state index contributed by atoms with van der Waals surface area (Å²) in [6.45, 7) is 0.685. The predicted octanol–water partition coefficient (Wildman–Crippen LogP) is 4.14. The van der Waals surface area contributed by atoms with Crippen molar-refractivity contribution in [1.82, 2.24) is 4.90 Å². The Morgan fingerprint density at radius 1 is 0.960 bits per heavy atom. The molecule has 128 valence electrons. The molecule has 0 spiro atoms. The highest BCUT2D eigenvalue weighted by molar-refractivity contribution is 6.02. The van der Waals surface area contributed by atoms with Gasteiger partial charge in [0, 0.05) is 17.8 Å². The molecule has 25 heavy (non-hydrogen) atoms. The Balaban J connectivity index is 1.78. The molecule has 3 rings (SSSR count). The second-order valence-electron chi connectivity index (χ2n) is 6.52. The number of nitrogens with zero attached hydrogens (tertiary/aromatic N) is 2. The van der Waals surface area contributed by atoms with E-state index in [0.29, 0.717) is 12.6 Å². The third-order valence-corrected chi connectivity index (χ3v) is 4.53. The van der Waals surface area contributed by atoms with Crippen molar-refractivity contribution in [3.8, 4) is 5.75 Å². The summed E-state index contributed by atoms with van der Waals surface area (Å²) in [5.41, 5.74) is 2.10. The molecule has 0 aliphatic rings. The summed E-state index contributed by atoms with van der Waals surface area (Å²) >= 11 is 0. The fraction of sp³-hybridized carbons (Fsp3) is 0.227. The van der Waals surface area contributed by atoms with Crippen molar-refractivity contribution < 1.29 is 5.11 Å².